The first kappa shape index (κ1) is 23.2. The number of nitrogens with one attached hydrogen (secondary N) is 1. The predicted molar refractivity (Wildman–Crippen MR) is 152 cm³/mol. The molecule has 40 heavy (non-hydrogen) atoms. The molecule has 0 spiro atoms. The van der Waals surface area contributed by atoms with E-state index in [2.05, 4.69) is 32.0 Å². The van der Waals surface area contributed by atoms with E-state index in [-0.39, 0.29) is 17.0 Å². The van der Waals surface area contributed by atoms with E-state index in [4.69, 9.17) is 22.1 Å². The molecule has 1 aromatic carbocycles. The van der Waals surface area contributed by atoms with Gasteiger partial charge in [0.05, 0.1) is 16.9 Å². The molecule has 9 heteroatoms. The van der Waals surface area contributed by atoms with Gasteiger partial charge in [0.1, 0.15) is 29.2 Å². The minimum Gasteiger partial charge on any atom is -0.383 e. The molecule has 0 unspecified atom stereocenters. The molecule has 198 valence electrons. The second-order valence-corrected chi connectivity index (χ2v) is 11.6. The number of hydrogen-bond donors (Lipinski definition) is 2. The number of aromatic nitrogens is 6. The minimum absolute atomic E-state index is 0.0499. The summed E-state index contributed by atoms with van der Waals surface area (Å²) < 4.78 is 4.10. The summed E-state index contributed by atoms with van der Waals surface area (Å²) in [5.74, 6) is 3.34. The van der Waals surface area contributed by atoms with Crippen LogP contribution in [0.2, 0.25) is 0 Å². The van der Waals surface area contributed by atoms with Crippen molar-refractivity contribution < 1.29 is 4.79 Å². The largest absolute Gasteiger partial charge is 0.383 e. The van der Waals surface area contributed by atoms with E-state index >= 15 is 0 Å². The molecule has 4 aromatic heterocycles. The van der Waals surface area contributed by atoms with E-state index in [1.807, 2.05) is 41.2 Å². The summed E-state index contributed by atoms with van der Waals surface area (Å²) in [6.45, 7) is 0. The lowest BCUT2D eigenvalue weighted by atomic mass is 9.90. The summed E-state index contributed by atoms with van der Waals surface area (Å²) in [5, 5.41) is 9.61. The number of benzene rings is 1. The smallest absolute Gasteiger partial charge is 0.269 e. The number of nitrogens with two attached hydrogens (primary N) is 1. The first-order chi connectivity index (χ1) is 19.5. The van der Waals surface area contributed by atoms with E-state index in [0.717, 1.165) is 83.7 Å². The third kappa shape index (κ3) is 3.25. The SMILES string of the molecule is C#Cc1c(-c2cnc3ccccc3c2)c2c(N)ncnc2n1C12CCC(NC(=O)c3ccnn3C3CC3)(CC1)C2. The van der Waals surface area contributed by atoms with Crippen LogP contribution in [0.25, 0.3) is 33.1 Å². The van der Waals surface area contributed by atoms with Gasteiger partial charge in [0.25, 0.3) is 5.91 Å². The molecular weight excluding hydrogens is 500 g/mol. The summed E-state index contributed by atoms with van der Waals surface area (Å²) in [5.41, 5.74) is 10.7. The Hall–Kier alpha value is -4.71. The summed E-state index contributed by atoms with van der Waals surface area (Å²) in [6.07, 6.45) is 17.8. The highest BCUT2D eigenvalue weighted by atomic mass is 16.2. The Kier molecular flexibility index (Phi) is 4.73. The average Bonchev–Trinajstić information content (AvgIpc) is 3.31. The Bertz CT molecular complexity index is 1880. The van der Waals surface area contributed by atoms with Crippen LogP contribution in [0.15, 0.2) is 55.1 Å². The van der Waals surface area contributed by atoms with Crippen LogP contribution in [0.4, 0.5) is 5.82 Å². The summed E-state index contributed by atoms with van der Waals surface area (Å²) in [7, 11) is 0. The Morgan fingerprint density at radius 2 is 1.93 bits per heavy atom. The first-order valence-corrected chi connectivity index (χ1v) is 13.8. The van der Waals surface area contributed by atoms with E-state index in [1.165, 1.54) is 6.33 Å². The molecule has 0 radical (unpaired) electrons. The fourth-order valence-corrected chi connectivity index (χ4v) is 7.28. The number of fused-ring (bicyclic) bond motifs is 4. The molecule has 0 atom stereocenters. The number of nitrogens with zero attached hydrogens (tertiary/aromatic N) is 6. The lowest BCUT2D eigenvalue weighted by molar-refractivity contribution is 0.0889. The number of rotatable bonds is 5. The molecule has 2 bridgehead atoms. The monoisotopic (exact) mass is 528 g/mol. The molecule has 3 fully saturated rings. The third-order valence-electron chi connectivity index (χ3n) is 9.25. The standard InChI is InChI=1S/C31H28N8O/c1-2-23-25(20-15-19-5-3-4-6-22(19)33-16-20)26-27(32)34-18-35-28(26)38(23)31-12-10-30(17-31,11-13-31)37-29(40)24-9-14-36-39(24)21-7-8-21/h1,3-6,9,14-16,18,21H,7-8,10-13,17H2,(H,37,40)(H2,32,34,35). The summed E-state index contributed by atoms with van der Waals surface area (Å²) in [6, 6.07) is 12.3. The summed E-state index contributed by atoms with van der Waals surface area (Å²) >= 11 is 0. The average molecular weight is 529 g/mol. The number of terminal acetylenes is 1. The number of amides is 1. The van der Waals surface area contributed by atoms with Crippen LogP contribution in [0.3, 0.4) is 0 Å². The van der Waals surface area contributed by atoms with Gasteiger partial charge >= 0.3 is 0 Å². The second-order valence-electron chi connectivity index (χ2n) is 11.6. The highest BCUT2D eigenvalue weighted by Crippen LogP contribution is 2.57. The van der Waals surface area contributed by atoms with E-state index < -0.39 is 0 Å². The van der Waals surface area contributed by atoms with Gasteiger partial charge in [-0.05, 0) is 63.1 Å². The molecule has 4 heterocycles. The van der Waals surface area contributed by atoms with Gasteiger partial charge in [-0.2, -0.15) is 5.10 Å². The molecule has 3 aliphatic rings. The van der Waals surface area contributed by atoms with Crippen molar-refractivity contribution in [1.82, 2.24) is 34.6 Å². The third-order valence-corrected chi connectivity index (χ3v) is 9.25. The van der Waals surface area contributed by atoms with Crippen molar-refractivity contribution in [3.05, 3.63) is 66.5 Å². The normalized spacial score (nSPS) is 23.6. The van der Waals surface area contributed by atoms with Gasteiger partial charge in [-0.3, -0.25) is 14.5 Å². The molecule has 9 nitrogen and oxygen atoms in total. The van der Waals surface area contributed by atoms with Gasteiger partial charge < -0.3 is 15.6 Å². The van der Waals surface area contributed by atoms with Crippen LogP contribution in [0.5, 0.6) is 0 Å². The number of anilines is 1. The number of carbonyl (C=O) groups excluding carboxylic acids is 1. The second kappa shape index (κ2) is 8.15. The molecule has 8 rings (SSSR count). The van der Waals surface area contributed by atoms with Gasteiger partial charge in [0, 0.05) is 40.0 Å². The zero-order valence-electron chi connectivity index (χ0n) is 22.0. The van der Waals surface area contributed by atoms with Crippen LogP contribution >= 0.6 is 0 Å². The molecule has 3 N–H and O–H groups in total. The highest BCUT2D eigenvalue weighted by molar-refractivity contribution is 6.04. The Morgan fingerprint density at radius 1 is 1.10 bits per heavy atom. The fraction of sp³-hybridized carbons (Fsp3) is 0.323. The quantitative estimate of drug-likeness (QED) is 0.323. The molecule has 1 amide bonds. The molecule has 3 saturated carbocycles. The van der Waals surface area contributed by atoms with Crippen LogP contribution in [0, 0.1) is 12.3 Å². The van der Waals surface area contributed by atoms with E-state index in [0.29, 0.717) is 17.6 Å². The number of pyridine rings is 1. The lowest BCUT2D eigenvalue weighted by Gasteiger charge is -2.30. The van der Waals surface area contributed by atoms with Crippen LogP contribution in [-0.4, -0.2) is 40.7 Å². The fourth-order valence-electron chi connectivity index (χ4n) is 7.28. The van der Waals surface area contributed by atoms with E-state index in [9.17, 15) is 4.79 Å². The van der Waals surface area contributed by atoms with Crippen molar-refractivity contribution in [2.45, 2.75) is 62.1 Å². The molecule has 0 saturated heterocycles. The van der Waals surface area contributed by atoms with Crippen LogP contribution in [-0.2, 0) is 5.54 Å². The van der Waals surface area contributed by atoms with Crippen LogP contribution < -0.4 is 11.1 Å². The number of nitrogen functional groups attached to an aromatic ring is 1. The van der Waals surface area contributed by atoms with Gasteiger partial charge in [-0.15, -0.1) is 6.42 Å². The first-order valence-electron chi connectivity index (χ1n) is 13.8. The van der Waals surface area contributed by atoms with Crippen molar-refractivity contribution in [2.24, 2.45) is 0 Å². The Balaban J connectivity index is 1.23. The molecule has 0 aliphatic heterocycles. The maximum atomic E-state index is 13.5. The number of hydrogen-bond acceptors (Lipinski definition) is 6. The van der Waals surface area contributed by atoms with Crippen molar-refractivity contribution in [2.75, 3.05) is 5.73 Å². The predicted octanol–water partition coefficient (Wildman–Crippen LogP) is 4.58. The molecular formula is C31H28N8O. The zero-order chi connectivity index (χ0) is 27.1. The molecule has 5 aromatic rings. The van der Waals surface area contributed by atoms with Crippen molar-refractivity contribution in [1.29, 1.82) is 0 Å². The summed E-state index contributed by atoms with van der Waals surface area (Å²) in [4.78, 5) is 27.2. The minimum atomic E-state index is -0.304. The maximum Gasteiger partial charge on any atom is 0.269 e. The van der Waals surface area contributed by atoms with Crippen LogP contribution in [0.1, 0.15) is 67.2 Å². The number of para-hydroxylation sites is 1. The lowest BCUT2D eigenvalue weighted by Crippen LogP contribution is -2.45. The number of carbonyl (C=O) groups is 1. The van der Waals surface area contributed by atoms with Gasteiger partial charge in [0.15, 0.2) is 0 Å². The Labute approximate surface area is 230 Å². The topological polar surface area (TPSA) is 117 Å². The van der Waals surface area contributed by atoms with Gasteiger partial charge in [-0.25, -0.2) is 9.97 Å². The highest BCUT2D eigenvalue weighted by Gasteiger charge is 2.57. The van der Waals surface area contributed by atoms with Crippen molar-refractivity contribution >= 4 is 33.7 Å². The van der Waals surface area contributed by atoms with Crippen molar-refractivity contribution in [3.63, 3.8) is 0 Å². The van der Waals surface area contributed by atoms with E-state index in [1.54, 1.807) is 6.20 Å². The Morgan fingerprint density at radius 3 is 2.73 bits per heavy atom. The van der Waals surface area contributed by atoms with Crippen molar-refractivity contribution in [3.8, 4) is 23.5 Å². The maximum absolute atomic E-state index is 13.5. The molecule has 3 aliphatic carbocycles. The van der Waals surface area contributed by atoms with Gasteiger partial charge in [0.2, 0.25) is 0 Å². The zero-order valence-corrected chi connectivity index (χ0v) is 22.0. The van der Waals surface area contributed by atoms with Gasteiger partial charge in [-0.1, -0.05) is 24.1 Å².